The molecular formula is C29H37FN2O. The quantitative estimate of drug-likeness (QED) is 0.582. The first kappa shape index (κ1) is 22.6. The fourth-order valence-electron chi connectivity index (χ4n) is 6.41. The Morgan fingerprint density at radius 2 is 1.58 bits per heavy atom. The van der Waals surface area contributed by atoms with Gasteiger partial charge in [0.2, 0.25) is 5.91 Å². The molecule has 33 heavy (non-hydrogen) atoms. The highest BCUT2D eigenvalue weighted by molar-refractivity contribution is 5.79. The van der Waals surface area contributed by atoms with E-state index in [2.05, 4.69) is 40.1 Å². The van der Waals surface area contributed by atoms with Gasteiger partial charge in [-0.25, -0.2) is 4.39 Å². The Hall–Kier alpha value is -2.20. The van der Waals surface area contributed by atoms with Crippen LogP contribution in [0.15, 0.2) is 54.6 Å². The molecular weight excluding hydrogens is 411 g/mol. The number of hydrogen-bond donors (Lipinski definition) is 0. The van der Waals surface area contributed by atoms with E-state index in [1.165, 1.54) is 43.2 Å². The number of piperidine rings is 1. The van der Waals surface area contributed by atoms with E-state index in [0.29, 0.717) is 17.7 Å². The summed E-state index contributed by atoms with van der Waals surface area (Å²) in [5.74, 6) is 1.90. The van der Waals surface area contributed by atoms with Crippen LogP contribution >= 0.6 is 0 Å². The van der Waals surface area contributed by atoms with Crippen molar-refractivity contribution >= 4 is 5.91 Å². The molecule has 5 rings (SSSR count). The molecule has 3 nitrogen and oxygen atoms in total. The van der Waals surface area contributed by atoms with Gasteiger partial charge in [0.25, 0.3) is 0 Å². The second kappa shape index (κ2) is 10.4. The van der Waals surface area contributed by atoms with Crippen LogP contribution in [0.1, 0.15) is 55.6 Å². The molecule has 2 aromatic carbocycles. The van der Waals surface area contributed by atoms with Crippen molar-refractivity contribution in [2.75, 3.05) is 32.7 Å². The van der Waals surface area contributed by atoms with E-state index in [9.17, 15) is 9.18 Å². The fourth-order valence-corrected chi connectivity index (χ4v) is 6.41. The monoisotopic (exact) mass is 448 g/mol. The van der Waals surface area contributed by atoms with Gasteiger partial charge in [-0.05, 0) is 80.3 Å². The zero-order chi connectivity index (χ0) is 22.6. The van der Waals surface area contributed by atoms with Gasteiger partial charge >= 0.3 is 0 Å². The van der Waals surface area contributed by atoms with Gasteiger partial charge in [0.05, 0.1) is 0 Å². The van der Waals surface area contributed by atoms with Crippen LogP contribution in [-0.2, 0) is 11.2 Å². The number of nitrogens with zero attached hydrogens (tertiary/aromatic N) is 2. The van der Waals surface area contributed by atoms with Crippen LogP contribution in [0.2, 0.25) is 0 Å². The van der Waals surface area contributed by atoms with Gasteiger partial charge in [-0.1, -0.05) is 55.3 Å². The molecule has 1 aliphatic carbocycles. The summed E-state index contributed by atoms with van der Waals surface area (Å²) in [6.07, 6.45) is 8.15. The first-order valence-electron chi connectivity index (χ1n) is 13.0. The highest BCUT2D eigenvalue weighted by atomic mass is 19.1. The maximum Gasteiger partial charge on any atom is 0.225 e. The average Bonchev–Trinajstić information content (AvgIpc) is 3.52. The Morgan fingerprint density at radius 3 is 2.27 bits per heavy atom. The summed E-state index contributed by atoms with van der Waals surface area (Å²) in [6, 6.07) is 17.9. The SMILES string of the molecule is O=C(C1CCCC1)N1CC(CN2CCC(Cc3ccccc3)CC2)C(c2ccc(F)cc2)C1. The highest BCUT2D eigenvalue weighted by Crippen LogP contribution is 2.37. The molecule has 2 unspecified atom stereocenters. The van der Waals surface area contributed by atoms with Crippen molar-refractivity contribution in [1.82, 2.24) is 9.80 Å². The highest BCUT2D eigenvalue weighted by Gasteiger charge is 2.39. The number of halogens is 1. The van der Waals surface area contributed by atoms with Crippen LogP contribution in [-0.4, -0.2) is 48.4 Å². The standard InChI is InChI=1S/C29H37FN2O/c30-27-12-10-24(11-13-27)28-21-32(29(33)25-8-4-5-9-25)20-26(28)19-31-16-14-23(15-17-31)18-22-6-2-1-3-7-22/h1-3,6-7,10-13,23,25-26,28H,4-5,8-9,14-21H2. The third kappa shape index (κ3) is 5.48. The fraction of sp³-hybridized carbons (Fsp3) is 0.552. The minimum atomic E-state index is -0.187. The van der Waals surface area contributed by atoms with E-state index in [0.717, 1.165) is 51.5 Å². The molecule has 176 valence electrons. The molecule has 2 heterocycles. The van der Waals surface area contributed by atoms with Crippen molar-refractivity contribution in [3.63, 3.8) is 0 Å². The van der Waals surface area contributed by atoms with Crippen LogP contribution in [0, 0.1) is 23.6 Å². The van der Waals surface area contributed by atoms with Gasteiger partial charge < -0.3 is 9.80 Å². The lowest BCUT2D eigenvalue weighted by atomic mass is 9.86. The van der Waals surface area contributed by atoms with Crippen LogP contribution < -0.4 is 0 Å². The van der Waals surface area contributed by atoms with E-state index in [-0.39, 0.29) is 11.7 Å². The summed E-state index contributed by atoms with van der Waals surface area (Å²) in [5.41, 5.74) is 2.63. The average molecular weight is 449 g/mol. The molecule has 0 bridgehead atoms. The Bertz CT molecular complexity index is 901. The van der Waals surface area contributed by atoms with Gasteiger partial charge in [0, 0.05) is 31.5 Å². The predicted octanol–water partition coefficient (Wildman–Crippen LogP) is 5.51. The van der Waals surface area contributed by atoms with Crippen molar-refractivity contribution < 1.29 is 9.18 Å². The van der Waals surface area contributed by atoms with Crippen molar-refractivity contribution in [2.24, 2.45) is 17.8 Å². The number of amides is 1. The normalized spacial score (nSPS) is 25.1. The lowest BCUT2D eigenvalue weighted by Crippen LogP contribution is -2.39. The smallest absolute Gasteiger partial charge is 0.225 e. The summed E-state index contributed by atoms with van der Waals surface area (Å²) in [4.78, 5) is 17.9. The van der Waals surface area contributed by atoms with Gasteiger partial charge in [-0.15, -0.1) is 0 Å². The van der Waals surface area contributed by atoms with Crippen molar-refractivity contribution in [1.29, 1.82) is 0 Å². The molecule has 3 aliphatic rings. The number of carbonyl (C=O) groups is 1. The van der Waals surface area contributed by atoms with Gasteiger partial charge in [-0.2, -0.15) is 0 Å². The van der Waals surface area contributed by atoms with E-state index >= 15 is 0 Å². The minimum Gasteiger partial charge on any atom is -0.341 e. The molecule has 2 aromatic rings. The minimum absolute atomic E-state index is 0.187. The molecule has 2 atom stereocenters. The summed E-state index contributed by atoms with van der Waals surface area (Å²) in [7, 11) is 0. The Kier molecular flexibility index (Phi) is 7.10. The molecule has 3 fully saturated rings. The second-order valence-corrected chi connectivity index (χ2v) is 10.6. The summed E-state index contributed by atoms with van der Waals surface area (Å²) < 4.78 is 13.6. The molecule has 0 spiro atoms. The van der Waals surface area contributed by atoms with Crippen LogP contribution in [0.5, 0.6) is 0 Å². The molecule has 2 aliphatic heterocycles. The maximum atomic E-state index is 13.6. The number of likely N-dealkylation sites (tertiary alicyclic amines) is 2. The zero-order valence-corrected chi connectivity index (χ0v) is 19.7. The molecule has 0 N–H and O–H groups in total. The van der Waals surface area contributed by atoms with Gasteiger partial charge in [-0.3, -0.25) is 4.79 Å². The molecule has 4 heteroatoms. The predicted molar refractivity (Wildman–Crippen MR) is 130 cm³/mol. The number of carbonyl (C=O) groups excluding carboxylic acids is 1. The van der Waals surface area contributed by atoms with Gasteiger partial charge in [0.1, 0.15) is 5.82 Å². The van der Waals surface area contributed by atoms with Crippen LogP contribution in [0.25, 0.3) is 0 Å². The molecule has 2 saturated heterocycles. The van der Waals surface area contributed by atoms with Crippen molar-refractivity contribution in [2.45, 2.75) is 50.9 Å². The second-order valence-electron chi connectivity index (χ2n) is 10.6. The maximum absolute atomic E-state index is 13.6. The number of rotatable bonds is 6. The molecule has 1 amide bonds. The van der Waals surface area contributed by atoms with Crippen molar-refractivity contribution in [3.05, 3.63) is 71.5 Å². The summed E-state index contributed by atoms with van der Waals surface area (Å²) >= 11 is 0. The third-order valence-corrected chi connectivity index (χ3v) is 8.32. The number of benzene rings is 2. The zero-order valence-electron chi connectivity index (χ0n) is 19.7. The van der Waals surface area contributed by atoms with Crippen molar-refractivity contribution in [3.8, 4) is 0 Å². The number of hydrogen-bond acceptors (Lipinski definition) is 2. The lowest BCUT2D eigenvalue weighted by molar-refractivity contribution is -0.134. The molecule has 1 saturated carbocycles. The van der Waals surface area contributed by atoms with Gasteiger partial charge in [0.15, 0.2) is 0 Å². The topological polar surface area (TPSA) is 23.6 Å². The van der Waals surface area contributed by atoms with E-state index in [4.69, 9.17) is 0 Å². The van der Waals surface area contributed by atoms with E-state index in [1.54, 1.807) is 12.1 Å². The first-order valence-corrected chi connectivity index (χ1v) is 13.0. The largest absolute Gasteiger partial charge is 0.341 e. The lowest BCUT2D eigenvalue weighted by Gasteiger charge is -2.34. The molecule has 0 aromatic heterocycles. The van der Waals surface area contributed by atoms with Crippen LogP contribution in [0.4, 0.5) is 4.39 Å². The molecule has 0 radical (unpaired) electrons. The van der Waals surface area contributed by atoms with E-state index in [1.807, 2.05) is 12.1 Å². The summed E-state index contributed by atoms with van der Waals surface area (Å²) in [6.45, 7) is 4.95. The third-order valence-electron chi connectivity index (χ3n) is 8.32. The Balaban J connectivity index is 1.22. The first-order chi connectivity index (χ1) is 16.2. The van der Waals surface area contributed by atoms with E-state index < -0.39 is 0 Å². The Labute approximate surface area is 198 Å². The summed E-state index contributed by atoms with van der Waals surface area (Å²) in [5, 5.41) is 0. The Morgan fingerprint density at radius 1 is 0.879 bits per heavy atom. The van der Waals surface area contributed by atoms with Crippen LogP contribution in [0.3, 0.4) is 0 Å².